The molecule has 8 N–H and O–H groups in total. The molecule has 0 aromatic heterocycles. The number of ether oxygens (including phenoxy) is 16. The van der Waals surface area contributed by atoms with Crippen molar-refractivity contribution in [2.24, 2.45) is 0 Å². The van der Waals surface area contributed by atoms with Crippen LogP contribution in [0.5, 0.6) is 126 Å². The summed E-state index contributed by atoms with van der Waals surface area (Å²) in [5, 5.41) is 88.4. The summed E-state index contributed by atoms with van der Waals surface area (Å²) in [6, 6.07) is 41.8. The summed E-state index contributed by atoms with van der Waals surface area (Å²) < 4.78 is 114. The summed E-state index contributed by atoms with van der Waals surface area (Å²) in [5.74, 6) is -19.1. The lowest BCUT2D eigenvalue weighted by atomic mass is 9.75. The minimum atomic E-state index is -1.81. The van der Waals surface area contributed by atoms with Crippen LogP contribution in [0, 0.1) is 0 Å². The summed E-state index contributed by atoms with van der Waals surface area (Å²) in [6.45, 7) is 0. The van der Waals surface area contributed by atoms with Crippen molar-refractivity contribution in [3.63, 3.8) is 0 Å². The Labute approximate surface area is 720 Å². The summed E-state index contributed by atoms with van der Waals surface area (Å²) in [7, 11) is 0. The Balaban J connectivity index is 0.980. The fourth-order valence-corrected chi connectivity index (χ4v) is 17.7. The average molecular weight is 1730 g/mol. The van der Waals surface area contributed by atoms with Crippen LogP contribution in [0.4, 0.5) is 0 Å². The molecule has 0 saturated heterocycles. The van der Waals surface area contributed by atoms with Gasteiger partial charge < -0.3 is 117 Å². The third-order valence-electron chi connectivity index (χ3n) is 23.1. The highest BCUT2D eigenvalue weighted by Gasteiger charge is 2.45. The fraction of sp³-hybridized carbons (Fsp3) is 0.177. The Kier molecular flexibility index (Phi) is 18.9. The predicted octanol–water partition coefficient (Wildman–Crippen LogP) is 19.8. The fourth-order valence-electron chi connectivity index (χ4n) is 17.7. The number of hydrogen-bond acceptors (Lipinski definition) is 24. The van der Waals surface area contributed by atoms with Gasteiger partial charge in [-0.25, -0.2) is 19.2 Å². The molecule has 0 saturated carbocycles. The molecule has 0 fully saturated rings. The lowest BCUT2D eigenvalue weighted by Gasteiger charge is -2.40. The topological polar surface area (TPSA) is 446 Å². The second-order valence-electron chi connectivity index (χ2n) is 31.7. The molecule has 8 aliphatic heterocycles. The normalized spacial score (nSPS) is 19.8. The van der Waals surface area contributed by atoms with Crippen molar-refractivity contribution in [3.05, 3.63) is 289 Å². The van der Waals surface area contributed by atoms with Crippen LogP contribution in [0.15, 0.2) is 211 Å². The molecule has 640 valence electrons. The molecule has 0 amide bonds. The van der Waals surface area contributed by atoms with Crippen molar-refractivity contribution in [1.82, 2.24) is 0 Å². The number of hydrogen-bond donors (Lipinski definition) is 8. The van der Waals surface area contributed by atoms with Gasteiger partial charge in [0.15, 0.2) is 0 Å². The van der Waals surface area contributed by atoms with Crippen LogP contribution in [0.1, 0.15) is 197 Å². The van der Waals surface area contributed by atoms with Crippen LogP contribution >= 0.6 is 0 Å². The van der Waals surface area contributed by atoms with Crippen molar-refractivity contribution >= 4 is 47.8 Å². The van der Waals surface area contributed by atoms with E-state index in [-0.39, 0.29) is 247 Å². The van der Waals surface area contributed by atoms with Gasteiger partial charge in [-0.15, -0.1) is 5.73 Å². The van der Waals surface area contributed by atoms with Gasteiger partial charge in [0, 0.05) is 183 Å². The van der Waals surface area contributed by atoms with Crippen LogP contribution in [-0.4, -0.2) is 94.7 Å². The SMILES string of the molecule is O=C(O)CCC1C2=C=C3C4C=C2OC2Oc5cc6c(cc51)C(CCC(=O)O)c1cc5c7cc1OC(O6)c1cc6cc(c1)Oc1cc(cc(C(=O)O)c1)Oc1cc8cc(c1)C(Oc1cc(c(cc1C5CCC(=O)O)C3CCC(=O)O)OC(O4)c1cc(cc(c1)Oc1cc(cc(C(=O)O)c1)O8)Oc1cc(cc(C(=O)O)c1)Oc1cc(cc2c1)Oc1cc(cc(C(=O)O)c1)O6)O7. The van der Waals surface area contributed by atoms with E-state index in [9.17, 15) is 79.2 Å². The Bertz CT molecular complexity index is 6810. The van der Waals surface area contributed by atoms with Gasteiger partial charge in [0.25, 0.3) is 18.9 Å². The Hall–Kier alpha value is -16.6. The number of allylic oxidation sites excluding steroid dienone is 1. The summed E-state index contributed by atoms with van der Waals surface area (Å²) in [4.78, 5) is 109. The summed E-state index contributed by atoms with van der Waals surface area (Å²) >= 11 is 0. The first-order valence-corrected chi connectivity index (χ1v) is 40.2. The predicted molar refractivity (Wildman–Crippen MR) is 435 cm³/mol. The second-order valence-corrected chi connectivity index (χ2v) is 31.7. The molecule has 11 aromatic rings. The van der Waals surface area contributed by atoms with Gasteiger partial charge in [-0.05, 0) is 147 Å². The zero-order valence-corrected chi connectivity index (χ0v) is 66.1. The molecule has 10 aliphatic rings. The van der Waals surface area contributed by atoms with Crippen molar-refractivity contribution in [2.45, 2.75) is 106 Å². The van der Waals surface area contributed by atoms with Gasteiger partial charge in [0.1, 0.15) is 138 Å². The maximum absolute atomic E-state index is 13.6. The van der Waals surface area contributed by atoms with Crippen LogP contribution < -0.4 is 66.3 Å². The van der Waals surface area contributed by atoms with Crippen molar-refractivity contribution in [1.29, 1.82) is 0 Å². The van der Waals surface area contributed by atoms with Crippen molar-refractivity contribution in [3.8, 4) is 126 Å². The highest BCUT2D eigenvalue weighted by Crippen LogP contribution is 2.60. The van der Waals surface area contributed by atoms with Gasteiger partial charge >= 0.3 is 47.8 Å². The average Bonchev–Trinajstić information content (AvgIpc) is 0.725. The number of fused-ring (bicyclic) bond motifs is 16. The Morgan fingerprint density at radius 3 is 0.750 bits per heavy atom. The lowest BCUT2D eigenvalue weighted by molar-refractivity contribution is -0.138. The number of aliphatic carboxylic acids is 4. The van der Waals surface area contributed by atoms with Crippen LogP contribution in [0.25, 0.3) is 0 Å². The number of benzene rings is 11. The number of carboxylic acids is 8. The van der Waals surface area contributed by atoms with Gasteiger partial charge in [-0.3, -0.25) is 19.2 Å². The minimum absolute atomic E-state index is 0.0197. The van der Waals surface area contributed by atoms with E-state index >= 15 is 0 Å². The first kappa shape index (κ1) is 78.6. The van der Waals surface area contributed by atoms with Gasteiger partial charge in [-0.2, -0.15) is 0 Å². The minimum Gasteiger partial charge on any atom is -0.481 e. The number of carbonyl (C=O) groups is 8. The molecular weight excluding hydrogens is 1670 g/mol. The van der Waals surface area contributed by atoms with Crippen molar-refractivity contribution < 1.29 is 155 Å². The van der Waals surface area contributed by atoms with E-state index in [0.29, 0.717) is 0 Å². The van der Waals surface area contributed by atoms with E-state index < -0.39 is 128 Å². The van der Waals surface area contributed by atoms with E-state index in [1.54, 1.807) is 24.3 Å². The van der Waals surface area contributed by atoms with Gasteiger partial charge in [-0.1, -0.05) is 0 Å². The lowest BCUT2D eigenvalue weighted by Crippen LogP contribution is -2.31. The molecule has 0 spiro atoms. The maximum atomic E-state index is 13.6. The Morgan fingerprint density at radius 2 is 0.477 bits per heavy atom. The van der Waals surface area contributed by atoms with E-state index in [1.807, 2.05) is 0 Å². The smallest absolute Gasteiger partial charge is 0.335 e. The molecule has 40 bridgehead atoms. The third-order valence-corrected chi connectivity index (χ3v) is 23.1. The highest BCUT2D eigenvalue weighted by molar-refractivity contribution is 5.91. The molecule has 0 radical (unpaired) electrons. The van der Waals surface area contributed by atoms with E-state index in [4.69, 9.17) is 75.8 Å². The quantitative estimate of drug-likeness (QED) is 0.0416. The second kappa shape index (κ2) is 30.7. The molecule has 128 heavy (non-hydrogen) atoms. The monoisotopic (exact) mass is 1730 g/mol. The van der Waals surface area contributed by atoms with E-state index in [0.717, 1.165) is 0 Å². The first-order valence-electron chi connectivity index (χ1n) is 40.2. The molecule has 21 rings (SSSR count). The largest absolute Gasteiger partial charge is 0.481 e. The third kappa shape index (κ3) is 15.1. The molecule has 2 aliphatic carbocycles. The Morgan fingerprint density at radius 1 is 0.250 bits per heavy atom. The number of rotatable bonds is 16. The standard InChI is InChI=1S/C96H64O32/c97-85(98)5-1-65-69-33-71-66(2-6-86(99)100)73-35-75-68(4-8-88(103)104)76-36-74-67(3-7-87(101)102)72-34-70(65)78-38-80(72)124-95-47-20-60-31-62(22-47)118-54-14-44(92(111)112)16-56(28-54)120-64-24-48-23-63(32-64)119-55-15-43(91(109)110)13-53(27-55)117-61-21-46-19-59(30-61)115-51-11-41(89(105)106)9-49(25-51)113-57-17-45(18-58(29-57)114-50-10-42(90(107)108)12-52(26-50)116-60)93(122-78)121-77(69)37-79(71)123-94(46)125-81(73)39-83(75)127-96(48)128-84(76)40-82(74)126-95/h9-35,37-40,65-68,82,93-96H,1-8H2,(H,97,98)(H,99,100)(H,101,102)(H,103,104)(H,105,106)(H,107,108)(H,109,110)(H,111,112). The van der Waals surface area contributed by atoms with E-state index in [1.165, 1.54) is 164 Å². The van der Waals surface area contributed by atoms with Crippen molar-refractivity contribution in [2.75, 3.05) is 0 Å². The van der Waals surface area contributed by atoms with Crippen LogP contribution in [0.2, 0.25) is 0 Å². The molecule has 11 aromatic carbocycles. The molecule has 8 heterocycles. The first-order chi connectivity index (χ1) is 61.7. The summed E-state index contributed by atoms with van der Waals surface area (Å²) in [5.41, 5.74) is 3.79. The van der Waals surface area contributed by atoms with Gasteiger partial charge in [0.05, 0.1) is 22.3 Å². The number of carboxylic acid groups (broad SMARTS) is 8. The van der Waals surface area contributed by atoms with E-state index in [2.05, 4.69) is 5.73 Å². The number of aromatic carboxylic acids is 4. The van der Waals surface area contributed by atoms with Crippen LogP contribution in [0.3, 0.4) is 0 Å². The maximum Gasteiger partial charge on any atom is 0.335 e. The molecule has 9 unspecified atom stereocenters. The zero-order chi connectivity index (χ0) is 87.9. The molecular formula is C96H64O32. The molecule has 32 nitrogen and oxygen atoms in total. The summed E-state index contributed by atoms with van der Waals surface area (Å²) in [6.07, 6.45) is -10.6. The van der Waals surface area contributed by atoms with Gasteiger partial charge in [0.2, 0.25) is 6.29 Å². The highest BCUT2D eigenvalue weighted by atomic mass is 16.7. The van der Waals surface area contributed by atoms with Crippen LogP contribution in [-0.2, 0) is 28.7 Å². The molecule has 32 heteroatoms. The molecule has 9 atom stereocenters. The zero-order valence-electron chi connectivity index (χ0n) is 66.1.